The number of methoxy groups -OCH3 is 1. The Morgan fingerprint density at radius 2 is 2.35 bits per heavy atom. The molecule has 2 N–H and O–H groups in total. The smallest absolute Gasteiger partial charge is 0.323 e. The van der Waals surface area contributed by atoms with Crippen LogP contribution in [0.25, 0.3) is 0 Å². The van der Waals surface area contributed by atoms with E-state index in [1.54, 1.807) is 11.8 Å². The van der Waals surface area contributed by atoms with Crippen LogP contribution in [0, 0.1) is 0 Å². The Kier molecular flexibility index (Phi) is 5.43. The maximum atomic E-state index is 11.1. The van der Waals surface area contributed by atoms with Crippen molar-refractivity contribution < 1.29 is 9.53 Å². The molecule has 0 saturated heterocycles. The lowest BCUT2D eigenvalue weighted by Gasteiger charge is -2.10. The van der Waals surface area contributed by atoms with Gasteiger partial charge in [0.05, 0.1) is 12.9 Å². The van der Waals surface area contributed by atoms with Gasteiger partial charge in [0.1, 0.15) is 18.2 Å². The zero-order valence-electron chi connectivity index (χ0n) is 10.3. The highest BCUT2D eigenvalue weighted by Crippen LogP contribution is 2.13. The van der Waals surface area contributed by atoms with Crippen LogP contribution in [0.3, 0.4) is 0 Å². The third-order valence-electron chi connectivity index (χ3n) is 2.17. The summed E-state index contributed by atoms with van der Waals surface area (Å²) in [7, 11) is 1.34. The monoisotopic (exact) mass is 258 g/mol. The van der Waals surface area contributed by atoms with Gasteiger partial charge < -0.3 is 10.5 Å². The number of hydrogen-bond donors (Lipinski definition) is 1. The van der Waals surface area contributed by atoms with Gasteiger partial charge in [-0.25, -0.2) is 9.67 Å². The zero-order valence-corrected chi connectivity index (χ0v) is 11.1. The Morgan fingerprint density at radius 3 is 2.94 bits per heavy atom. The van der Waals surface area contributed by atoms with Crippen LogP contribution in [0.15, 0.2) is 6.33 Å². The quantitative estimate of drug-likeness (QED) is 0.752. The molecule has 17 heavy (non-hydrogen) atoms. The highest BCUT2D eigenvalue weighted by Gasteiger charge is 2.14. The summed E-state index contributed by atoms with van der Waals surface area (Å²) in [5.41, 5.74) is 5.63. The van der Waals surface area contributed by atoms with Crippen molar-refractivity contribution in [3.63, 3.8) is 0 Å². The number of hydrogen-bond acceptors (Lipinski definition) is 6. The van der Waals surface area contributed by atoms with Crippen LogP contribution in [0.1, 0.15) is 25.7 Å². The first kappa shape index (κ1) is 14.0. The van der Waals surface area contributed by atoms with Crippen LogP contribution < -0.4 is 5.73 Å². The Balaban J connectivity index is 2.41. The van der Waals surface area contributed by atoms with E-state index >= 15 is 0 Å². The molecule has 0 aliphatic carbocycles. The fraction of sp³-hybridized carbons (Fsp3) is 0.700. The summed E-state index contributed by atoms with van der Waals surface area (Å²) in [6, 6.07) is -0.303. The van der Waals surface area contributed by atoms with Crippen molar-refractivity contribution in [1.29, 1.82) is 0 Å². The van der Waals surface area contributed by atoms with E-state index in [9.17, 15) is 4.79 Å². The first-order chi connectivity index (χ1) is 8.06. The molecule has 1 atom stereocenters. The van der Waals surface area contributed by atoms with Crippen molar-refractivity contribution in [3.05, 3.63) is 12.2 Å². The highest BCUT2D eigenvalue weighted by molar-refractivity contribution is 7.98. The number of ether oxygens (including phenoxy) is 1. The zero-order chi connectivity index (χ0) is 12.8. The van der Waals surface area contributed by atoms with E-state index in [1.807, 2.05) is 18.5 Å². The molecule has 1 heterocycles. The standard InChI is InChI=1S/C10H18N4O2S/c1-7(2)14-9(12-6-13-14)5-17-4-8(11)10(15)16-3/h6-8H,4-5,11H2,1-3H3. The van der Waals surface area contributed by atoms with Gasteiger partial charge in [0.25, 0.3) is 0 Å². The number of carbonyl (C=O) groups is 1. The first-order valence-corrected chi connectivity index (χ1v) is 6.51. The molecule has 0 radical (unpaired) electrons. The minimum Gasteiger partial charge on any atom is -0.468 e. The van der Waals surface area contributed by atoms with Gasteiger partial charge in [-0.1, -0.05) is 0 Å². The van der Waals surface area contributed by atoms with E-state index in [4.69, 9.17) is 5.73 Å². The molecule has 96 valence electrons. The van der Waals surface area contributed by atoms with Gasteiger partial charge in [-0.15, -0.1) is 0 Å². The molecule has 1 aromatic rings. The lowest BCUT2D eigenvalue weighted by atomic mass is 10.4. The van der Waals surface area contributed by atoms with Crippen molar-refractivity contribution >= 4 is 17.7 Å². The fourth-order valence-electron chi connectivity index (χ4n) is 1.31. The molecular formula is C10H18N4O2S. The Hall–Kier alpha value is -1.08. The predicted octanol–water partition coefficient (Wildman–Crippen LogP) is 0.592. The summed E-state index contributed by atoms with van der Waals surface area (Å²) in [6.07, 6.45) is 1.54. The molecule has 6 nitrogen and oxygen atoms in total. The van der Waals surface area contributed by atoms with E-state index < -0.39 is 6.04 Å². The average molecular weight is 258 g/mol. The minimum absolute atomic E-state index is 0.280. The molecule has 0 aliphatic rings. The minimum atomic E-state index is -0.583. The molecule has 7 heteroatoms. The summed E-state index contributed by atoms with van der Waals surface area (Å²) >= 11 is 1.55. The molecule has 0 bridgehead atoms. The summed E-state index contributed by atoms with van der Waals surface area (Å²) in [5.74, 6) is 1.70. The highest BCUT2D eigenvalue weighted by atomic mass is 32.2. The van der Waals surface area contributed by atoms with Crippen molar-refractivity contribution in [2.24, 2.45) is 5.73 Å². The van der Waals surface area contributed by atoms with E-state index in [2.05, 4.69) is 14.8 Å². The largest absolute Gasteiger partial charge is 0.468 e. The molecule has 0 saturated carbocycles. The van der Waals surface area contributed by atoms with Gasteiger partial charge in [-0.2, -0.15) is 16.9 Å². The van der Waals surface area contributed by atoms with Gasteiger partial charge in [0, 0.05) is 11.8 Å². The van der Waals surface area contributed by atoms with Gasteiger partial charge in [0.2, 0.25) is 0 Å². The van der Waals surface area contributed by atoms with E-state index in [-0.39, 0.29) is 12.0 Å². The second-order valence-corrected chi connectivity index (χ2v) is 4.89. The van der Waals surface area contributed by atoms with Crippen LogP contribution >= 0.6 is 11.8 Å². The molecule has 0 fully saturated rings. The fourth-order valence-corrected chi connectivity index (χ4v) is 2.20. The number of rotatable bonds is 6. The maximum Gasteiger partial charge on any atom is 0.323 e. The molecule has 0 amide bonds. The van der Waals surface area contributed by atoms with E-state index in [0.29, 0.717) is 11.5 Å². The summed E-state index contributed by atoms with van der Waals surface area (Å²) < 4.78 is 6.41. The molecule has 1 unspecified atom stereocenters. The second-order valence-electron chi connectivity index (χ2n) is 3.86. The number of aromatic nitrogens is 3. The third kappa shape index (κ3) is 4.01. The van der Waals surface area contributed by atoms with Gasteiger partial charge in [0.15, 0.2) is 0 Å². The Morgan fingerprint density at radius 1 is 1.65 bits per heavy atom. The van der Waals surface area contributed by atoms with Crippen LogP contribution in [-0.2, 0) is 15.3 Å². The van der Waals surface area contributed by atoms with Crippen LogP contribution in [0.2, 0.25) is 0 Å². The number of carbonyl (C=O) groups excluding carboxylic acids is 1. The van der Waals surface area contributed by atoms with Crippen molar-refractivity contribution in [3.8, 4) is 0 Å². The van der Waals surface area contributed by atoms with Gasteiger partial charge in [-0.05, 0) is 13.8 Å². The molecular weight excluding hydrogens is 240 g/mol. The van der Waals surface area contributed by atoms with Gasteiger partial charge in [-0.3, -0.25) is 4.79 Å². The number of nitrogens with zero attached hydrogens (tertiary/aromatic N) is 3. The normalized spacial score (nSPS) is 12.8. The van der Waals surface area contributed by atoms with Crippen molar-refractivity contribution in [2.75, 3.05) is 12.9 Å². The summed E-state index contributed by atoms with van der Waals surface area (Å²) in [6.45, 7) is 4.09. The van der Waals surface area contributed by atoms with Crippen molar-refractivity contribution in [1.82, 2.24) is 14.8 Å². The SMILES string of the molecule is COC(=O)C(N)CSCc1ncnn1C(C)C. The molecule has 1 aromatic heterocycles. The lowest BCUT2D eigenvalue weighted by Crippen LogP contribution is -2.33. The lowest BCUT2D eigenvalue weighted by molar-refractivity contribution is -0.141. The average Bonchev–Trinajstić information content (AvgIpc) is 2.76. The molecule has 0 spiro atoms. The Bertz CT molecular complexity index is 367. The summed E-state index contributed by atoms with van der Waals surface area (Å²) in [5, 5.41) is 4.13. The number of thioether (sulfide) groups is 1. The van der Waals surface area contributed by atoms with Crippen LogP contribution in [0.4, 0.5) is 0 Å². The first-order valence-electron chi connectivity index (χ1n) is 5.35. The topological polar surface area (TPSA) is 83.0 Å². The third-order valence-corrected chi connectivity index (χ3v) is 3.23. The molecule has 0 aromatic carbocycles. The predicted molar refractivity (Wildman–Crippen MR) is 66.6 cm³/mol. The van der Waals surface area contributed by atoms with Gasteiger partial charge >= 0.3 is 5.97 Å². The summed E-state index contributed by atoms with van der Waals surface area (Å²) in [4.78, 5) is 15.3. The Labute approximate surface area is 105 Å². The van der Waals surface area contributed by atoms with E-state index in [1.165, 1.54) is 13.4 Å². The number of nitrogens with two attached hydrogens (primary N) is 1. The maximum absolute atomic E-state index is 11.1. The van der Waals surface area contributed by atoms with Crippen molar-refractivity contribution in [2.45, 2.75) is 31.7 Å². The molecule has 0 aliphatic heterocycles. The number of esters is 1. The second kappa shape index (κ2) is 6.61. The van der Waals surface area contributed by atoms with Crippen LogP contribution in [0.5, 0.6) is 0 Å². The van der Waals surface area contributed by atoms with E-state index in [0.717, 1.165) is 5.82 Å². The van der Waals surface area contributed by atoms with Crippen LogP contribution in [-0.4, -0.2) is 39.6 Å². The molecule has 1 rings (SSSR count).